The van der Waals surface area contributed by atoms with Gasteiger partial charge in [-0.3, -0.25) is 0 Å². The highest BCUT2D eigenvalue weighted by Gasteiger charge is 2.54. The second-order valence-corrected chi connectivity index (χ2v) is 18.5. The minimum Gasteiger partial charge on any atom is -0.407 e. The first-order valence-corrected chi connectivity index (χ1v) is 19.5. The van der Waals surface area contributed by atoms with Crippen LogP contribution in [-0.2, 0) is 36.6 Å². The Hall–Kier alpha value is -3.58. The van der Waals surface area contributed by atoms with Crippen LogP contribution in [0.3, 0.4) is 0 Å². The summed E-state index contributed by atoms with van der Waals surface area (Å²) < 4.78 is 33.4. The molecule has 5 rings (SSSR count). The van der Waals surface area contributed by atoms with Crippen LogP contribution in [0.2, 0.25) is 5.04 Å². The van der Waals surface area contributed by atoms with Crippen LogP contribution in [0.4, 0.5) is 0 Å². The van der Waals surface area contributed by atoms with Crippen LogP contribution >= 0.6 is 0 Å². The average Bonchev–Trinajstić information content (AvgIpc) is 3.14. The second kappa shape index (κ2) is 17.1. The molecule has 0 radical (unpaired) electrons. The number of ether oxygens (including phenoxy) is 4. The zero-order valence-electron chi connectivity index (χ0n) is 30.0. The molecule has 0 amide bonds. The van der Waals surface area contributed by atoms with E-state index in [-0.39, 0.29) is 30.6 Å². The lowest BCUT2D eigenvalue weighted by Crippen LogP contribution is -2.67. The lowest BCUT2D eigenvalue weighted by Gasteiger charge is -2.50. The largest absolute Gasteiger partial charge is 0.407 e. The fraction of sp³-hybridized carbons (Fsp3) is 0.395. The van der Waals surface area contributed by atoms with Gasteiger partial charge in [0.1, 0.15) is 12.2 Å². The van der Waals surface area contributed by atoms with Crippen molar-refractivity contribution in [1.29, 1.82) is 0 Å². The first-order valence-electron chi connectivity index (χ1n) is 17.6. The van der Waals surface area contributed by atoms with Crippen LogP contribution in [0, 0.1) is 18.3 Å². The van der Waals surface area contributed by atoms with Crippen molar-refractivity contribution in [3.8, 4) is 12.3 Å². The minimum absolute atomic E-state index is 0.170. The first kappa shape index (κ1) is 37.7. The van der Waals surface area contributed by atoms with Crippen molar-refractivity contribution in [1.82, 2.24) is 0 Å². The van der Waals surface area contributed by atoms with Gasteiger partial charge < -0.3 is 28.5 Å². The van der Waals surface area contributed by atoms with Crippen LogP contribution in [0.25, 0.3) is 0 Å². The molecule has 0 bridgehead atoms. The number of hydrogen-bond acceptors (Lipinski definition) is 6. The van der Waals surface area contributed by atoms with Crippen LogP contribution in [-0.4, -0.2) is 57.3 Å². The zero-order chi connectivity index (χ0) is 35.6. The molecule has 0 aliphatic carbocycles. The van der Waals surface area contributed by atoms with Gasteiger partial charge in [0.25, 0.3) is 8.32 Å². The summed E-state index contributed by atoms with van der Waals surface area (Å²) in [5.74, 6) is 1.25. The fourth-order valence-corrected chi connectivity index (χ4v) is 11.7. The van der Waals surface area contributed by atoms with Crippen molar-refractivity contribution >= 4 is 18.7 Å². The summed E-state index contributed by atoms with van der Waals surface area (Å²) in [6.45, 7) is 9.79. The van der Waals surface area contributed by atoms with Crippen molar-refractivity contribution < 1.29 is 28.5 Å². The van der Waals surface area contributed by atoms with Gasteiger partial charge in [0.2, 0.25) is 5.79 Å². The van der Waals surface area contributed by atoms with E-state index in [0.29, 0.717) is 13.0 Å². The molecule has 1 aliphatic heterocycles. The van der Waals surface area contributed by atoms with E-state index < -0.39 is 38.5 Å². The summed E-state index contributed by atoms with van der Waals surface area (Å²) >= 11 is 0. The molecule has 1 aliphatic rings. The molecule has 1 saturated heterocycles. The lowest BCUT2D eigenvalue weighted by molar-refractivity contribution is -0.351. The topological polar surface area (TPSA) is 66.4 Å². The average molecular weight is 693 g/mol. The van der Waals surface area contributed by atoms with E-state index in [0.717, 1.165) is 11.1 Å². The molecule has 4 aromatic rings. The number of aliphatic hydroxyl groups excluding tert-OH is 1. The quantitative estimate of drug-likeness (QED) is 0.108. The molecule has 0 unspecified atom stereocenters. The molecule has 1 heterocycles. The third-order valence-corrected chi connectivity index (χ3v) is 15.0. The predicted molar refractivity (Wildman–Crippen MR) is 201 cm³/mol. The van der Waals surface area contributed by atoms with Crippen LogP contribution < -0.4 is 10.4 Å². The van der Waals surface area contributed by atoms with Crippen LogP contribution in [0.5, 0.6) is 0 Å². The van der Waals surface area contributed by atoms with E-state index in [9.17, 15) is 5.11 Å². The van der Waals surface area contributed by atoms with Gasteiger partial charge in [0.05, 0.1) is 25.4 Å². The maximum Gasteiger partial charge on any atom is 0.261 e. The molecule has 264 valence electrons. The third-order valence-electron chi connectivity index (χ3n) is 9.94. The van der Waals surface area contributed by atoms with Crippen LogP contribution in [0.15, 0.2) is 121 Å². The maximum absolute atomic E-state index is 11.6. The summed E-state index contributed by atoms with van der Waals surface area (Å²) in [5.41, 5.74) is 1.96. The fourth-order valence-electron chi connectivity index (χ4n) is 7.17. The Balaban J connectivity index is 1.43. The molecule has 0 aromatic heterocycles. The number of benzene rings is 4. The van der Waals surface area contributed by atoms with E-state index in [1.807, 2.05) is 79.7 Å². The molecular formula is C43H52O6Si. The van der Waals surface area contributed by atoms with Gasteiger partial charge in [-0.2, -0.15) is 0 Å². The highest BCUT2D eigenvalue weighted by Crippen LogP contribution is 2.41. The number of methoxy groups -OCH3 is 1. The Bertz CT molecular complexity index is 1580. The highest BCUT2D eigenvalue weighted by molar-refractivity contribution is 6.99. The number of rotatable bonds is 15. The van der Waals surface area contributed by atoms with Gasteiger partial charge in [0, 0.05) is 26.1 Å². The summed E-state index contributed by atoms with van der Waals surface area (Å²) in [6.07, 6.45) is 4.04. The van der Waals surface area contributed by atoms with E-state index in [2.05, 4.69) is 75.2 Å². The van der Waals surface area contributed by atoms with E-state index in [1.165, 1.54) is 10.4 Å². The molecule has 0 saturated carbocycles. The smallest absolute Gasteiger partial charge is 0.261 e. The van der Waals surface area contributed by atoms with Crippen molar-refractivity contribution in [3.63, 3.8) is 0 Å². The summed E-state index contributed by atoms with van der Waals surface area (Å²) in [6, 6.07) is 40.9. The molecule has 6 nitrogen and oxygen atoms in total. The molecule has 4 aromatic carbocycles. The van der Waals surface area contributed by atoms with Crippen molar-refractivity contribution in [2.24, 2.45) is 5.92 Å². The van der Waals surface area contributed by atoms with Gasteiger partial charge in [-0.25, -0.2) is 0 Å². The Morgan fingerprint density at radius 2 is 1.30 bits per heavy atom. The SMILES string of the molecule is C#C[C@H](OCc1ccccc1)[C@H](OCc1ccccc1)[C@]1(OC)C[C@H](O)[C@@H](C)[C@@H](CCO[Si](c2ccccc2)(c2ccccc2)C(C)(C)C)O1. The van der Waals surface area contributed by atoms with E-state index >= 15 is 0 Å². The molecule has 0 spiro atoms. The molecule has 7 heteroatoms. The van der Waals surface area contributed by atoms with Gasteiger partial charge in [0.15, 0.2) is 0 Å². The predicted octanol–water partition coefficient (Wildman–Crippen LogP) is 6.89. The van der Waals surface area contributed by atoms with Gasteiger partial charge in [-0.05, 0) is 33.0 Å². The lowest BCUT2D eigenvalue weighted by atomic mass is 9.84. The second-order valence-electron chi connectivity index (χ2n) is 14.2. The Labute approximate surface area is 299 Å². The Morgan fingerprint density at radius 1 is 0.820 bits per heavy atom. The van der Waals surface area contributed by atoms with Crippen molar-refractivity contribution in [2.45, 2.75) is 89.0 Å². The summed E-state index contributed by atoms with van der Waals surface area (Å²) in [5, 5.41) is 13.9. The van der Waals surface area contributed by atoms with Crippen LogP contribution in [0.1, 0.15) is 51.7 Å². The third kappa shape index (κ3) is 8.47. The minimum atomic E-state index is -2.78. The molecular weight excluding hydrogens is 641 g/mol. The van der Waals surface area contributed by atoms with Gasteiger partial charge >= 0.3 is 0 Å². The van der Waals surface area contributed by atoms with E-state index in [1.54, 1.807) is 7.11 Å². The maximum atomic E-state index is 11.6. The number of hydrogen-bond donors (Lipinski definition) is 1. The zero-order valence-corrected chi connectivity index (χ0v) is 31.0. The standard InChI is InChI=1S/C43H52O6Si/c1-7-39(46-31-34-20-12-8-13-21-34)41(47-32-35-22-14-9-15-23-35)43(45-6)30-38(44)33(2)40(49-43)28-29-48-50(42(3,4)5,36-24-16-10-17-25-36)37-26-18-11-19-27-37/h1,8-27,33,38-41,44H,28-32H2,2-6H3/t33-,38+,39+,40-,41+,43+/m1/s1. The van der Waals surface area contributed by atoms with Crippen molar-refractivity contribution in [2.75, 3.05) is 13.7 Å². The van der Waals surface area contributed by atoms with Gasteiger partial charge in [-0.1, -0.05) is 155 Å². The number of terminal acetylenes is 1. The normalized spacial score (nSPS) is 22.4. The molecule has 1 fully saturated rings. The Kier molecular flexibility index (Phi) is 12.9. The van der Waals surface area contributed by atoms with Gasteiger partial charge in [-0.15, -0.1) is 6.42 Å². The van der Waals surface area contributed by atoms with E-state index in [4.69, 9.17) is 29.8 Å². The molecule has 50 heavy (non-hydrogen) atoms. The van der Waals surface area contributed by atoms with Crippen molar-refractivity contribution in [3.05, 3.63) is 132 Å². The highest BCUT2D eigenvalue weighted by atomic mass is 28.4. The monoisotopic (exact) mass is 692 g/mol. The Morgan fingerprint density at radius 3 is 1.76 bits per heavy atom. The summed E-state index contributed by atoms with van der Waals surface area (Å²) in [7, 11) is -1.19. The number of aliphatic hydroxyl groups is 1. The first-order chi connectivity index (χ1) is 24.1. The molecule has 1 N–H and O–H groups in total. The molecule has 6 atom stereocenters. The summed E-state index contributed by atoms with van der Waals surface area (Å²) in [4.78, 5) is 0.